The maximum Gasteiger partial charge on any atom is 0.490 e. The van der Waals surface area contributed by atoms with Gasteiger partial charge in [0, 0.05) is 56.2 Å². The number of carboxylic acids is 2. The van der Waals surface area contributed by atoms with Gasteiger partial charge in [-0.2, -0.15) is 31.4 Å². The van der Waals surface area contributed by atoms with E-state index < -0.39 is 24.3 Å². The molecule has 3 aromatic rings. The molecule has 0 radical (unpaired) electrons. The highest BCUT2D eigenvalue weighted by Crippen LogP contribution is 2.25. The van der Waals surface area contributed by atoms with Gasteiger partial charge in [0.15, 0.2) is 0 Å². The van der Waals surface area contributed by atoms with Crippen LogP contribution in [0.5, 0.6) is 0 Å². The zero-order valence-corrected chi connectivity index (χ0v) is 19.7. The number of anilines is 1. The number of aromatic amines is 1. The molecule has 0 atom stereocenters. The van der Waals surface area contributed by atoms with E-state index in [4.69, 9.17) is 19.8 Å². The number of nitrogens with one attached hydrogen (secondary N) is 1. The largest absolute Gasteiger partial charge is 0.490 e. The number of rotatable bonds is 4. The first kappa shape index (κ1) is 30.9. The van der Waals surface area contributed by atoms with Gasteiger partial charge < -0.3 is 15.1 Å². The van der Waals surface area contributed by atoms with Crippen molar-refractivity contribution in [2.75, 3.05) is 31.1 Å². The summed E-state index contributed by atoms with van der Waals surface area (Å²) in [5.41, 5.74) is 2.33. The first-order valence-electron chi connectivity index (χ1n) is 10.8. The Bertz CT molecular complexity index is 1190. The van der Waals surface area contributed by atoms with Crippen LogP contribution < -0.4 is 4.90 Å². The van der Waals surface area contributed by atoms with Crippen LogP contribution >= 0.6 is 0 Å². The van der Waals surface area contributed by atoms with Crippen molar-refractivity contribution in [2.24, 2.45) is 0 Å². The SMILES string of the molecule is Fc1ccccc1-c1[nH]ncc1CN1CCN(c2ncccn2)CC1.O=C(O)C(F)(F)F.O=C(O)C(F)(F)F. The lowest BCUT2D eigenvalue weighted by Crippen LogP contribution is -2.46. The minimum atomic E-state index is -5.08. The smallest absolute Gasteiger partial charge is 0.475 e. The quantitative estimate of drug-likeness (QED) is 0.405. The minimum absolute atomic E-state index is 0.237. The lowest BCUT2D eigenvalue weighted by molar-refractivity contribution is -0.193. The topological polar surface area (TPSA) is 136 Å². The van der Waals surface area contributed by atoms with Crippen LogP contribution in [0.25, 0.3) is 11.3 Å². The Morgan fingerprint density at radius 1 is 0.872 bits per heavy atom. The number of carbonyl (C=O) groups is 2. The number of hydrogen-bond donors (Lipinski definition) is 3. The maximum atomic E-state index is 14.1. The molecule has 3 N–H and O–H groups in total. The van der Waals surface area contributed by atoms with Crippen LogP contribution in [0.2, 0.25) is 0 Å². The van der Waals surface area contributed by atoms with Gasteiger partial charge >= 0.3 is 24.3 Å². The molecular formula is C22H21F7N6O4. The molecule has 1 saturated heterocycles. The van der Waals surface area contributed by atoms with E-state index in [1.54, 1.807) is 30.7 Å². The van der Waals surface area contributed by atoms with E-state index in [-0.39, 0.29) is 5.82 Å². The fourth-order valence-corrected chi connectivity index (χ4v) is 3.13. The highest BCUT2D eigenvalue weighted by atomic mass is 19.4. The third-order valence-corrected chi connectivity index (χ3v) is 4.95. The summed E-state index contributed by atoms with van der Waals surface area (Å²) in [5.74, 6) is -4.98. The van der Waals surface area contributed by atoms with Crippen LogP contribution in [-0.2, 0) is 16.1 Å². The van der Waals surface area contributed by atoms with Gasteiger partial charge in [0.25, 0.3) is 0 Å². The zero-order chi connectivity index (χ0) is 29.2. The van der Waals surface area contributed by atoms with Crippen molar-refractivity contribution in [3.8, 4) is 11.3 Å². The second-order valence-corrected chi connectivity index (χ2v) is 7.67. The van der Waals surface area contributed by atoms with E-state index in [1.807, 2.05) is 12.1 Å². The van der Waals surface area contributed by atoms with E-state index in [1.165, 1.54) is 6.07 Å². The molecule has 3 heterocycles. The average Bonchev–Trinajstić information content (AvgIpc) is 3.33. The summed E-state index contributed by atoms with van der Waals surface area (Å²) in [6.45, 7) is 4.29. The predicted molar refractivity (Wildman–Crippen MR) is 121 cm³/mol. The van der Waals surface area contributed by atoms with Gasteiger partial charge in [-0.1, -0.05) is 12.1 Å². The second-order valence-electron chi connectivity index (χ2n) is 7.67. The number of nitrogens with zero attached hydrogens (tertiary/aromatic N) is 5. The van der Waals surface area contributed by atoms with Gasteiger partial charge in [-0.3, -0.25) is 10.00 Å². The monoisotopic (exact) mass is 566 g/mol. The summed E-state index contributed by atoms with van der Waals surface area (Å²) in [6.07, 6.45) is -4.85. The molecule has 1 aliphatic heterocycles. The van der Waals surface area contributed by atoms with Crippen LogP contribution in [0.15, 0.2) is 48.9 Å². The molecule has 1 aliphatic rings. The third kappa shape index (κ3) is 9.84. The van der Waals surface area contributed by atoms with Crippen molar-refractivity contribution in [2.45, 2.75) is 18.9 Å². The molecule has 0 saturated carbocycles. The number of benzene rings is 1. The molecule has 0 aliphatic carbocycles. The molecule has 0 bridgehead atoms. The number of carboxylic acid groups (broad SMARTS) is 2. The lowest BCUT2D eigenvalue weighted by atomic mass is 10.1. The van der Waals surface area contributed by atoms with Gasteiger partial charge in [0.05, 0.1) is 11.9 Å². The highest BCUT2D eigenvalue weighted by Gasteiger charge is 2.38. The summed E-state index contributed by atoms with van der Waals surface area (Å²) >= 11 is 0. The van der Waals surface area contributed by atoms with Gasteiger partial charge in [0.2, 0.25) is 5.95 Å². The molecule has 0 unspecified atom stereocenters. The molecule has 2 aromatic heterocycles. The minimum Gasteiger partial charge on any atom is -0.475 e. The van der Waals surface area contributed by atoms with Crippen LogP contribution in [0.4, 0.5) is 36.7 Å². The molecule has 39 heavy (non-hydrogen) atoms. The average molecular weight is 566 g/mol. The van der Waals surface area contributed by atoms with Crippen LogP contribution in [0, 0.1) is 5.82 Å². The van der Waals surface area contributed by atoms with Gasteiger partial charge in [-0.05, 0) is 18.2 Å². The Morgan fingerprint density at radius 3 is 1.87 bits per heavy atom. The Hall–Kier alpha value is -4.28. The van der Waals surface area contributed by atoms with E-state index in [9.17, 15) is 30.7 Å². The number of alkyl halides is 6. The molecule has 0 amide bonds. The molecular weight excluding hydrogens is 545 g/mol. The van der Waals surface area contributed by atoms with E-state index in [0.717, 1.165) is 49.9 Å². The van der Waals surface area contributed by atoms with Crippen LogP contribution in [0.1, 0.15) is 5.56 Å². The number of aliphatic carboxylic acids is 2. The molecule has 10 nitrogen and oxygen atoms in total. The van der Waals surface area contributed by atoms with Gasteiger partial charge in [-0.25, -0.2) is 23.9 Å². The molecule has 1 aromatic carbocycles. The molecule has 0 spiro atoms. The van der Waals surface area contributed by atoms with Crippen molar-refractivity contribution >= 4 is 17.9 Å². The molecule has 17 heteroatoms. The van der Waals surface area contributed by atoms with Gasteiger partial charge in [-0.15, -0.1) is 0 Å². The summed E-state index contributed by atoms with van der Waals surface area (Å²) in [6, 6.07) is 8.60. The number of H-pyrrole nitrogens is 1. The van der Waals surface area contributed by atoms with Crippen molar-refractivity contribution in [3.05, 3.63) is 60.3 Å². The third-order valence-electron chi connectivity index (χ3n) is 4.95. The Labute approximate surface area is 215 Å². The lowest BCUT2D eigenvalue weighted by Gasteiger charge is -2.34. The number of hydrogen-bond acceptors (Lipinski definition) is 7. The van der Waals surface area contributed by atoms with Crippen LogP contribution in [0.3, 0.4) is 0 Å². The van der Waals surface area contributed by atoms with E-state index in [0.29, 0.717) is 5.56 Å². The van der Waals surface area contributed by atoms with Crippen molar-refractivity contribution in [1.82, 2.24) is 25.1 Å². The Kier molecular flexibility index (Phi) is 10.7. The number of aromatic nitrogens is 4. The second kappa shape index (κ2) is 13.5. The normalized spacial score (nSPS) is 14.0. The molecule has 212 valence electrons. The molecule has 4 rings (SSSR count). The summed E-state index contributed by atoms with van der Waals surface area (Å²) in [7, 11) is 0. The highest BCUT2D eigenvalue weighted by molar-refractivity contribution is 5.73. The maximum absolute atomic E-state index is 14.1. The summed E-state index contributed by atoms with van der Waals surface area (Å²) in [4.78, 5) is 30.9. The van der Waals surface area contributed by atoms with E-state index in [2.05, 4.69) is 30.0 Å². The first-order chi connectivity index (χ1) is 18.2. The van der Waals surface area contributed by atoms with E-state index >= 15 is 0 Å². The summed E-state index contributed by atoms with van der Waals surface area (Å²) < 4.78 is 77.5. The van der Waals surface area contributed by atoms with Gasteiger partial charge in [0.1, 0.15) is 5.82 Å². The molecule has 1 fully saturated rings. The number of piperazine rings is 1. The Morgan fingerprint density at radius 2 is 1.38 bits per heavy atom. The van der Waals surface area contributed by atoms with Crippen molar-refractivity contribution in [1.29, 1.82) is 0 Å². The zero-order valence-electron chi connectivity index (χ0n) is 19.7. The van der Waals surface area contributed by atoms with Crippen molar-refractivity contribution < 1.29 is 50.5 Å². The Balaban J connectivity index is 0.000000317. The fourth-order valence-electron chi connectivity index (χ4n) is 3.13. The number of halogens is 7. The predicted octanol–water partition coefficient (Wildman–Crippen LogP) is 3.59. The summed E-state index contributed by atoms with van der Waals surface area (Å²) in [5, 5.41) is 21.3. The van der Waals surface area contributed by atoms with Crippen molar-refractivity contribution in [3.63, 3.8) is 0 Å². The fraction of sp³-hybridized carbons (Fsp3) is 0.318. The standard InChI is InChI=1S/C18H19FN6.2C2HF3O2/c19-16-5-2-1-4-15(16)17-14(12-22-23-17)13-24-8-10-25(11-9-24)18-20-6-3-7-21-18;2*3-2(4,5)1(6)7/h1-7,12H,8-11,13H2,(H,22,23);2*(H,6,7). The van der Waals surface area contributed by atoms with Crippen LogP contribution in [-0.4, -0.2) is 85.7 Å². The first-order valence-corrected chi connectivity index (χ1v) is 10.8.